The number of hydrogen-bond donors (Lipinski definition) is 1. The number of nitrogens with two attached hydrogens (primary N) is 1. The van der Waals surface area contributed by atoms with Crippen molar-refractivity contribution in [1.82, 2.24) is 19.5 Å². The third-order valence-electron chi connectivity index (χ3n) is 7.22. The molecule has 3 aliphatic rings. The van der Waals surface area contributed by atoms with Gasteiger partial charge in [0.1, 0.15) is 17.1 Å². The van der Waals surface area contributed by atoms with Crippen LogP contribution in [0.4, 0.5) is 5.82 Å². The van der Waals surface area contributed by atoms with Gasteiger partial charge in [0.25, 0.3) is 0 Å². The number of nitrogens with zero attached hydrogens (tertiary/aromatic N) is 4. The van der Waals surface area contributed by atoms with Gasteiger partial charge < -0.3 is 34.0 Å². The van der Waals surface area contributed by atoms with Crippen molar-refractivity contribution < 1.29 is 23.7 Å². The van der Waals surface area contributed by atoms with Crippen molar-refractivity contribution in [3.8, 4) is 34.5 Å². The van der Waals surface area contributed by atoms with Crippen LogP contribution in [0.15, 0.2) is 42.7 Å². The van der Waals surface area contributed by atoms with E-state index in [1.807, 2.05) is 54.8 Å². The number of nitrogen functional groups attached to an aromatic ring is 1. The number of hydrogen-bond acceptors (Lipinski definition) is 9. The first-order chi connectivity index (χ1) is 19.3. The Morgan fingerprint density at radius 2 is 1.62 bits per heavy atom. The number of imidazole rings is 1. The molecule has 0 saturated heterocycles. The smallest absolute Gasteiger partial charge is 0.166 e. The molecule has 2 aromatic rings. The van der Waals surface area contributed by atoms with Crippen molar-refractivity contribution >= 4 is 5.82 Å². The van der Waals surface area contributed by atoms with Crippen molar-refractivity contribution in [2.45, 2.75) is 64.4 Å². The number of benzene rings is 2. The van der Waals surface area contributed by atoms with Crippen LogP contribution in [0.5, 0.6) is 23.0 Å². The summed E-state index contributed by atoms with van der Waals surface area (Å²) in [5.74, 6) is 4.34. The van der Waals surface area contributed by atoms with E-state index in [4.69, 9.17) is 39.4 Å². The summed E-state index contributed by atoms with van der Waals surface area (Å²) in [5.41, 5.74) is 7.89. The lowest BCUT2D eigenvalue weighted by atomic mass is 10.1. The molecular weight excluding hydrogens is 510 g/mol. The lowest BCUT2D eigenvalue weighted by Crippen LogP contribution is -2.23. The number of ether oxygens (including phenoxy) is 5. The molecule has 0 spiro atoms. The van der Waals surface area contributed by atoms with E-state index in [1.165, 1.54) is 12.8 Å². The van der Waals surface area contributed by atoms with Crippen LogP contribution in [0.2, 0.25) is 0 Å². The van der Waals surface area contributed by atoms with E-state index in [2.05, 4.69) is 4.98 Å². The second-order valence-electron chi connectivity index (χ2n) is 10.5. The molecule has 5 rings (SSSR count). The van der Waals surface area contributed by atoms with Gasteiger partial charge in [-0.2, -0.15) is 0 Å². The molecule has 2 aliphatic heterocycles. The summed E-state index contributed by atoms with van der Waals surface area (Å²) < 4.78 is 30.9. The highest BCUT2D eigenvalue weighted by Gasteiger charge is 2.30. The molecule has 10 nitrogen and oxygen atoms in total. The van der Waals surface area contributed by atoms with Crippen LogP contribution in [-0.4, -0.2) is 47.0 Å². The molecule has 1 aliphatic carbocycles. The summed E-state index contributed by atoms with van der Waals surface area (Å²) in [6.07, 6.45) is 6.45. The number of fused-ring (bicyclic) bond motifs is 1. The molecule has 212 valence electrons. The van der Waals surface area contributed by atoms with Crippen molar-refractivity contribution in [2.75, 3.05) is 27.1 Å². The monoisotopic (exact) mass is 547 g/mol. The second kappa shape index (κ2) is 11.6. The SMILES string of the molecule is COc1cc(COC(C)(C)c2nc3c(N)ncn(Cc4ccc(OC)c(OC5CCCC5)c4)c-3n2)cc(OC)c1. The van der Waals surface area contributed by atoms with Crippen molar-refractivity contribution in [3.05, 3.63) is 59.7 Å². The molecule has 0 aromatic heterocycles. The maximum absolute atomic E-state index is 6.30. The lowest BCUT2D eigenvalue weighted by molar-refractivity contribution is -0.0394. The Morgan fingerprint density at radius 1 is 0.900 bits per heavy atom. The van der Waals surface area contributed by atoms with Crippen LogP contribution < -0.4 is 24.7 Å². The van der Waals surface area contributed by atoms with Crippen LogP contribution in [0, 0.1) is 0 Å². The minimum absolute atomic E-state index is 0.227. The Kier molecular flexibility index (Phi) is 7.97. The van der Waals surface area contributed by atoms with E-state index in [0.717, 1.165) is 35.5 Å². The van der Waals surface area contributed by atoms with E-state index < -0.39 is 5.60 Å². The third-order valence-corrected chi connectivity index (χ3v) is 7.22. The number of anilines is 1. The van der Waals surface area contributed by atoms with Crippen molar-refractivity contribution in [3.63, 3.8) is 0 Å². The number of aromatic nitrogens is 4. The zero-order chi connectivity index (χ0) is 28.3. The number of rotatable bonds is 11. The summed E-state index contributed by atoms with van der Waals surface area (Å²) in [6, 6.07) is 11.6. The average molecular weight is 548 g/mol. The fraction of sp³-hybridized carbons (Fsp3) is 0.433. The Hall–Kier alpha value is -4.05. The van der Waals surface area contributed by atoms with Gasteiger partial charge in [0.2, 0.25) is 0 Å². The van der Waals surface area contributed by atoms with Gasteiger partial charge in [-0.15, -0.1) is 0 Å². The van der Waals surface area contributed by atoms with E-state index in [-0.39, 0.29) is 6.10 Å². The minimum Gasteiger partial charge on any atom is -0.497 e. The highest BCUT2D eigenvalue weighted by Crippen LogP contribution is 2.35. The molecule has 2 aromatic carbocycles. The third kappa shape index (κ3) is 5.91. The Balaban J connectivity index is 1.38. The lowest BCUT2D eigenvalue weighted by Gasteiger charge is -2.22. The molecule has 1 saturated carbocycles. The van der Waals surface area contributed by atoms with Gasteiger partial charge in [0, 0.05) is 6.07 Å². The fourth-order valence-electron chi connectivity index (χ4n) is 4.91. The van der Waals surface area contributed by atoms with Gasteiger partial charge in [-0.3, -0.25) is 0 Å². The quantitative estimate of drug-likeness (QED) is 0.270. The molecule has 1 fully saturated rings. The molecule has 2 heterocycles. The van der Waals surface area contributed by atoms with Crippen LogP contribution in [0.1, 0.15) is 56.5 Å². The average Bonchev–Trinajstić information content (AvgIpc) is 3.65. The molecule has 0 amide bonds. The standard InChI is InChI=1S/C30H37N5O5/c1-30(2,39-17-20-12-22(36-3)15-23(13-20)37-4)29-33-26-27(31)32-18-35(28(26)34-29)16-19-10-11-24(38-5)25(14-19)40-21-8-6-7-9-21/h10-15,18,21H,6-9,16-17,31H2,1-5H3. The second-order valence-corrected chi connectivity index (χ2v) is 10.5. The molecule has 0 bridgehead atoms. The molecule has 2 N–H and O–H groups in total. The largest absolute Gasteiger partial charge is 0.497 e. The van der Waals surface area contributed by atoms with E-state index >= 15 is 0 Å². The van der Waals surface area contributed by atoms with E-state index in [9.17, 15) is 0 Å². The van der Waals surface area contributed by atoms with Crippen molar-refractivity contribution in [2.24, 2.45) is 0 Å². The van der Waals surface area contributed by atoms with Gasteiger partial charge in [-0.05, 0) is 74.9 Å². The molecule has 40 heavy (non-hydrogen) atoms. The Morgan fingerprint density at radius 3 is 2.30 bits per heavy atom. The van der Waals surface area contributed by atoms with Crippen molar-refractivity contribution in [1.29, 1.82) is 0 Å². The van der Waals surface area contributed by atoms with E-state index in [1.54, 1.807) is 27.7 Å². The molecule has 0 unspecified atom stereocenters. The molecule has 0 radical (unpaired) electrons. The van der Waals surface area contributed by atoms with Crippen LogP contribution in [0.25, 0.3) is 11.5 Å². The van der Waals surface area contributed by atoms with Gasteiger partial charge >= 0.3 is 0 Å². The first-order valence-corrected chi connectivity index (χ1v) is 13.5. The first kappa shape index (κ1) is 27.5. The summed E-state index contributed by atoms with van der Waals surface area (Å²) in [4.78, 5) is 14.0. The first-order valence-electron chi connectivity index (χ1n) is 13.5. The summed E-state index contributed by atoms with van der Waals surface area (Å²) in [6.45, 7) is 4.69. The maximum atomic E-state index is 6.30. The Labute approximate surface area is 234 Å². The zero-order valence-electron chi connectivity index (χ0n) is 23.8. The predicted octanol–water partition coefficient (Wildman–Crippen LogP) is 5.21. The molecule has 10 heteroatoms. The van der Waals surface area contributed by atoms with Crippen LogP contribution >= 0.6 is 0 Å². The summed E-state index contributed by atoms with van der Waals surface area (Å²) >= 11 is 0. The van der Waals surface area contributed by atoms with Gasteiger partial charge in [-0.1, -0.05) is 6.07 Å². The normalized spacial score (nSPS) is 14.0. The topological polar surface area (TPSA) is 116 Å². The van der Waals surface area contributed by atoms with Gasteiger partial charge in [-0.25, -0.2) is 15.0 Å². The number of methoxy groups -OCH3 is 3. The van der Waals surface area contributed by atoms with Gasteiger partial charge in [0.15, 0.2) is 34.7 Å². The van der Waals surface area contributed by atoms with Crippen LogP contribution in [0.3, 0.4) is 0 Å². The van der Waals surface area contributed by atoms with E-state index in [0.29, 0.717) is 47.8 Å². The summed E-state index contributed by atoms with van der Waals surface area (Å²) in [5, 5.41) is 0. The summed E-state index contributed by atoms with van der Waals surface area (Å²) in [7, 11) is 4.90. The Bertz CT molecular complexity index is 1410. The predicted molar refractivity (Wildman–Crippen MR) is 151 cm³/mol. The maximum Gasteiger partial charge on any atom is 0.166 e. The van der Waals surface area contributed by atoms with Gasteiger partial charge in [0.05, 0.1) is 46.9 Å². The van der Waals surface area contributed by atoms with Crippen LogP contribution in [-0.2, 0) is 23.5 Å². The minimum atomic E-state index is -0.804. The molecule has 0 atom stereocenters. The zero-order valence-corrected chi connectivity index (χ0v) is 23.8. The fourth-order valence-corrected chi connectivity index (χ4v) is 4.91. The highest BCUT2D eigenvalue weighted by atomic mass is 16.5. The molecular formula is C30H37N5O5. The highest BCUT2D eigenvalue weighted by molar-refractivity contribution is 5.65.